The third-order valence-electron chi connectivity index (χ3n) is 3.20. The van der Waals surface area contributed by atoms with Crippen molar-refractivity contribution in [3.05, 3.63) is 59.7 Å². The minimum Gasteiger partial charge on any atom is -0.508 e. The van der Waals surface area contributed by atoms with Crippen molar-refractivity contribution in [3.8, 4) is 11.5 Å². The number of phenols is 2. The average Bonchev–Trinajstić information content (AvgIpc) is 2.38. The highest BCUT2D eigenvalue weighted by atomic mass is 16.4. The summed E-state index contributed by atoms with van der Waals surface area (Å²) in [5.74, 6) is -3.74. The Bertz CT molecular complexity index is 645. The second-order valence-corrected chi connectivity index (χ2v) is 4.46. The third kappa shape index (κ3) is 2.27. The van der Waals surface area contributed by atoms with Crippen molar-refractivity contribution < 1.29 is 30.0 Å². The monoisotopic (exact) mass is 288 g/mol. The van der Waals surface area contributed by atoms with Crippen LogP contribution in [0.2, 0.25) is 0 Å². The molecule has 0 saturated carbocycles. The maximum absolute atomic E-state index is 11.7. The maximum atomic E-state index is 11.7. The molecule has 0 aliphatic heterocycles. The molecule has 6 nitrogen and oxygen atoms in total. The zero-order valence-electron chi connectivity index (χ0n) is 10.7. The largest absolute Gasteiger partial charge is 0.508 e. The fourth-order valence-corrected chi connectivity index (χ4v) is 2.23. The van der Waals surface area contributed by atoms with Gasteiger partial charge in [-0.15, -0.1) is 0 Å². The van der Waals surface area contributed by atoms with Crippen molar-refractivity contribution in [2.75, 3.05) is 0 Å². The van der Waals surface area contributed by atoms with Crippen LogP contribution in [0.3, 0.4) is 0 Å². The minimum atomic E-state index is -2.42. The number of carboxylic acid groups (broad SMARTS) is 2. The van der Waals surface area contributed by atoms with Gasteiger partial charge < -0.3 is 20.4 Å². The van der Waals surface area contributed by atoms with E-state index in [1.807, 2.05) is 0 Å². The van der Waals surface area contributed by atoms with E-state index in [0.29, 0.717) is 0 Å². The number of hydrogen-bond acceptors (Lipinski definition) is 4. The van der Waals surface area contributed by atoms with Crippen molar-refractivity contribution in [1.82, 2.24) is 0 Å². The van der Waals surface area contributed by atoms with Crippen LogP contribution in [0, 0.1) is 0 Å². The van der Waals surface area contributed by atoms with Gasteiger partial charge in [-0.25, -0.2) is 0 Å². The predicted octanol–water partition coefficient (Wildman–Crippen LogP) is 1.55. The number of aliphatic carboxylic acids is 2. The topological polar surface area (TPSA) is 115 Å². The highest BCUT2D eigenvalue weighted by Gasteiger charge is 2.50. The Balaban J connectivity index is 2.82. The highest BCUT2D eigenvalue weighted by molar-refractivity contribution is 6.08. The van der Waals surface area contributed by atoms with Crippen LogP contribution >= 0.6 is 0 Å². The molecule has 0 fully saturated rings. The van der Waals surface area contributed by atoms with E-state index in [2.05, 4.69) is 0 Å². The molecular weight excluding hydrogens is 276 g/mol. The van der Waals surface area contributed by atoms with Crippen LogP contribution in [-0.4, -0.2) is 32.4 Å². The summed E-state index contributed by atoms with van der Waals surface area (Å²) in [5, 5.41) is 38.1. The standard InChI is InChI=1S/C15H12O6/c16-11-5-1-3-9(7-11)15(13(18)19,14(20)21)10-4-2-6-12(17)8-10/h1-8,16-17H,(H,18,19)(H,20,21). The number of rotatable bonds is 4. The fraction of sp³-hybridized carbons (Fsp3) is 0.0667. The van der Waals surface area contributed by atoms with Gasteiger partial charge in [0, 0.05) is 0 Å². The van der Waals surface area contributed by atoms with Gasteiger partial charge in [0.05, 0.1) is 0 Å². The van der Waals surface area contributed by atoms with E-state index >= 15 is 0 Å². The summed E-state index contributed by atoms with van der Waals surface area (Å²) in [5.41, 5.74) is -2.65. The third-order valence-corrected chi connectivity index (χ3v) is 3.20. The molecule has 4 N–H and O–H groups in total. The normalized spacial score (nSPS) is 11.0. The number of phenolic OH excluding ortho intramolecular Hbond substituents is 2. The van der Waals surface area contributed by atoms with E-state index in [1.54, 1.807) is 0 Å². The van der Waals surface area contributed by atoms with E-state index in [-0.39, 0.29) is 22.6 Å². The smallest absolute Gasteiger partial charge is 0.330 e. The first-order chi connectivity index (χ1) is 9.88. The van der Waals surface area contributed by atoms with E-state index in [4.69, 9.17) is 0 Å². The van der Waals surface area contributed by atoms with Crippen molar-refractivity contribution in [1.29, 1.82) is 0 Å². The van der Waals surface area contributed by atoms with Crippen molar-refractivity contribution in [2.45, 2.75) is 5.41 Å². The Labute approximate surface area is 119 Å². The minimum absolute atomic E-state index is 0.117. The van der Waals surface area contributed by atoms with Gasteiger partial charge in [-0.05, 0) is 35.4 Å². The molecule has 6 heteroatoms. The molecule has 0 atom stereocenters. The summed E-state index contributed by atoms with van der Waals surface area (Å²) in [6.45, 7) is 0. The van der Waals surface area contributed by atoms with Crippen LogP contribution in [-0.2, 0) is 15.0 Å². The molecule has 0 amide bonds. The molecule has 108 valence electrons. The Morgan fingerprint density at radius 3 is 1.43 bits per heavy atom. The Morgan fingerprint density at radius 1 is 0.762 bits per heavy atom. The lowest BCUT2D eigenvalue weighted by Crippen LogP contribution is -2.44. The lowest BCUT2D eigenvalue weighted by Gasteiger charge is -2.26. The summed E-state index contributed by atoms with van der Waals surface area (Å²) in [6.07, 6.45) is 0. The molecule has 0 bridgehead atoms. The molecule has 2 aromatic rings. The molecule has 0 aromatic heterocycles. The molecular formula is C15H12O6. The van der Waals surface area contributed by atoms with E-state index in [1.165, 1.54) is 36.4 Å². The summed E-state index contributed by atoms with van der Waals surface area (Å²) >= 11 is 0. The summed E-state index contributed by atoms with van der Waals surface area (Å²) in [6, 6.07) is 10.1. The highest BCUT2D eigenvalue weighted by Crippen LogP contribution is 2.36. The number of benzene rings is 2. The van der Waals surface area contributed by atoms with Crippen LogP contribution in [0.4, 0.5) is 0 Å². The average molecular weight is 288 g/mol. The lowest BCUT2D eigenvalue weighted by atomic mass is 9.74. The predicted molar refractivity (Wildman–Crippen MR) is 72.3 cm³/mol. The van der Waals surface area contributed by atoms with Gasteiger partial charge in [-0.1, -0.05) is 24.3 Å². The first-order valence-electron chi connectivity index (χ1n) is 5.95. The van der Waals surface area contributed by atoms with Crippen LogP contribution in [0.5, 0.6) is 11.5 Å². The van der Waals surface area contributed by atoms with Gasteiger partial charge in [-0.2, -0.15) is 0 Å². The second kappa shape index (κ2) is 5.16. The Morgan fingerprint density at radius 2 is 1.14 bits per heavy atom. The van der Waals surface area contributed by atoms with Gasteiger partial charge in [-0.3, -0.25) is 9.59 Å². The first kappa shape index (κ1) is 14.4. The van der Waals surface area contributed by atoms with E-state index in [9.17, 15) is 30.0 Å². The SMILES string of the molecule is O=C(O)C(C(=O)O)(c1cccc(O)c1)c1cccc(O)c1. The Kier molecular flexibility index (Phi) is 3.54. The quantitative estimate of drug-likeness (QED) is 0.634. The van der Waals surface area contributed by atoms with Crippen molar-refractivity contribution in [2.24, 2.45) is 0 Å². The van der Waals surface area contributed by atoms with Gasteiger partial charge in [0.15, 0.2) is 0 Å². The van der Waals surface area contributed by atoms with Gasteiger partial charge >= 0.3 is 11.9 Å². The number of hydrogen-bond donors (Lipinski definition) is 4. The van der Waals surface area contributed by atoms with Crippen LogP contribution in [0.15, 0.2) is 48.5 Å². The molecule has 2 aromatic carbocycles. The number of aromatic hydroxyl groups is 2. The maximum Gasteiger partial charge on any atom is 0.330 e. The molecule has 0 heterocycles. The molecule has 0 radical (unpaired) electrons. The van der Waals surface area contributed by atoms with Gasteiger partial charge in [0.2, 0.25) is 5.41 Å². The van der Waals surface area contributed by atoms with Crippen molar-refractivity contribution in [3.63, 3.8) is 0 Å². The van der Waals surface area contributed by atoms with Crippen LogP contribution in [0.1, 0.15) is 11.1 Å². The number of carboxylic acids is 2. The summed E-state index contributed by atoms with van der Waals surface area (Å²) < 4.78 is 0. The molecule has 2 rings (SSSR count). The van der Waals surface area contributed by atoms with Gasteiger partial charge in [0.1, 0.15) is 11.5 Å². The van der Waals surface area contributed by atoms with Gasteiger partial charge in [0.25, 0.3) is 0 Å². The Hall–Kier alpha value is -3.02. The molecule has 0 unspecified atom stereocenters. The van der Waals surface area contributed by atoms with E-state index < -0.39 is 17.4 Å². The molecule has 21 heavy (non-hydrogen) atoms. The van der Waals surface area contributed by atoms with Crippen LogP contribution in [0.25, 0.3) is 0 Å². The first-order valence-corrected chi connectivity index (χ1v) is 5.95. The van der Waals surface area contributed by atoms with E-state index in [0.717, 1.165) is 12.1 Å². The summed E-state index contributed by atoms with van der Waals surface area (Å²) in [7, 11) is 0. The summed E-state index contributed by atoms with van der Waals surface area (Å²) in [4.78, 5) is 23.5. The van der Waals surface area contributed by atoms with Crippen molar-refractivity contribution >= 4 is 11.9 Å². The fourth-order valence-electron chi connectivity index (χ4n) is 2.23. The molecule has 0 aliphatic rings. The molecule has 0 saturated heterocycles. The lowest BCUT2D eigenvalue weighted by molar-refractivity contribution is -0.155. The second-order valence-electron chi connectivity index (χ2n) is 4.46. The molecule has 0 aliphatic carbocycles. The van der Waals surface area contributed by atoms with Crippen LogP contribution < -0.4 is 0 Å². The zero-order chi connectivity index (χ0) is 15.6. The number of carbonyl (C=O) groups is 2. The zero-order valence-corrected chi connectivity index (χ0v) is 10.7. The molecule has 0 spiro atoms.